The molecule has 1 aliphatic rings. The zero-order valence-electron chi connectivity index (χ0n) is 7.66. The third kappa shape index (κ3) is 1.55. The SMILES string of the molecule is CC1C=C(c2ccccc2)C(=O)C1. The molecule has 1 nitrogen and oxygen atoms in total. The van der Waals surface area contributed by atoms with Gasteiger partial charge in [0.05, 0.1) is 0 Å². The van der Waals surface area contributed by atoms with Crippen LogP contribution in [0.4, 0.5) is 0 Å². The van der Waals surface area contributed by atoms with Crippen molar-refractivity contribution in [2.24, 2.45) is 5.92 Å². The van der Waals surface area contributed by atoms with Gasteiger partial charge in [0.25, 0.3) is 0 Å². The van der Waals surface area contributed by atoms with E-state index in [1.807, 2.05) is 30.3 Å². The van der Waals surface area contributed by atoms with Crippen LogP contribution < -0.4 is 0 Å². The smallest absolute Gasteiger partial charge is 0.163 e. The van der Waals surface area contributed by atoms with Gasteiger partial charge in [-0.15, -0.1) is 0 Å². The predicted molar refractivity (Wildman–Crippen MR) is 53.2 cm³/mol. The van der Waals surface area contributed by atoms with Gasteiger partial charge in [0.15, 0.2) is 5.78 Å². The number of carbonyl (C=O) groups is 1. The molecule has 0 fully saturated rings. The van der Waals surface area contributed by atoms with Crippen molar-refractivity contribution in [2.45, 2.75) is 13.3 Å². The Hall–Kier alpha value is -1.37. The van der Waals surface area contributed by atoms with Gasteiger partial charge in [-0.2, -0.15) is 0 Å². The number of hydrogen-bond acceptors (Lipinski definition) is 1. The van der Waals surface area contributed by atoms with Gasteiger partial charge >= 0.3 is 0 Å². The Labute approximate surface area is 78.1 Å². The zero-order chi connectivity index (χ0) is 9.26. The second-order valence-electron chi connectivity index (χ2n) is 3.55. The van der Waals surface area contributed by atoms with E-state index in [0.29, 0.717) is 12.3 Å². The largest absolute Gasteiger partial charge is 0.294 e. The van der Waals surface area contributed by atoms with Crippen molar-refractivity contribution in [1.82, 2.24) is 0 Å². The minimum absolute atomic E-state index is 0.277. The standard InChI is InChI=1S/C12H12O/c1-9-7-11(12(13)8-9)10-5-3-2-4-6-10/h2-7,9H,8H2,1H3. The van der Waals surface area contributed by atoms with E-state index in [1.54, 1.807) is 0 Å². The number of rotatable bonds is 1. The molecule has 0 saturated carbocycles. The molecule has 0 saturated heterocycles. The topological polar surface area (TPSA) is 17.1 Å². The molecule has 0 aliphatic heterocycles. The summed E-state index contributed by atoms with van der Waals surface area (Å²) in [5, 5.41) is 0. The van der Waals surface area contributed by atoms with Crippen LogP contribution in [0.25, 0.3) is 5.57 Å². The first-order valence-corrected chi connectivity index (χ1v) is 4.58. The summed E-state index contributed by atoms with van der Waals surface area (Å²) in [5.41, 5.74) is 1.95. The average Bonchev–Trinajstić information content (AvgIpc) is 2.47. The van der Waals surface area contributed by atoms with Crippen molar-refractivity contribution < 1.29 is 4.79 Å². The molecular formula is C12H12O. The fourth-order valence-corrected chi connectivity index (χ4v) is 1.71. The van der Waals surface area contributed by atoms with Crippen LogP contribution in [-0.2, 0) is 4.79 Å². The van der Waals surface area contributed by atoms with Crippen LogP contribution in [0.15, 0.2) is 36.4 Å². The zero-order valence-corrected chi connectivity index (χ0v) is 7.66. The summed E-state index contributed by atoms with van der Waals surface area (Å²) in [4.78, 5) is 11.5. The van der Waals surface area contributed by atoms with E-state index in [2.05, 4.69) is 13.0 Å². The Morgan fingerprint density at radius 1 is 1.23 bits per heavy atom. The second kappa shape index (κ2) is 3.17. The molecule has 0 bridgehead atoms. The van der Waals surface area contributed by atoms with E-state index >= 15 is 0 Å². The van der Waals surface area contributed by atoms with Crippen LogP contribution in [0.3, 0.4) is 0 Å². The molecule has 1 unspecified atom stereocenters. The fourth-order valence-electron chi connectivity index (χ4n) is 1.71. The Bertz CT molecular complexity index is 349. The second-order valence-corrected chi connectivity index (χ2v) is 3.55. The number of allylic oxidation sites excluding steroid dienone is 2. The highest BCUT2D eigenvalue weighted by atomic mass is 16.1. The molecular weight excluding hydrogens is 160 g/mol. The van der Waals surface area contributed by atoms with Crippen LogP contribution in [0.2, 0.25) is 0 Å². The predicted octanol–water partition coefficient (Wildman–Crippen LogP) is 2.68. The van der Waals surface area contributed by atoms with Crippen LogP contribution in [0, 0.1) is 5.92 Å². The lowest BCUT2D eigenvalue weighted by Crippen LogP contribution is -1.95. The molecule has 66 valence electrons. The summed E-state index contributed by atoms with van der Waals surface area (Å²) in [6.07, 6.45) is 2.74. The molecule has 1 aromatic carbocycles. The molecule has 2 rings (SSSR count). The number of hydrogen-bond donors (Lipinski definition) is 0. The van der Waals surface area contributed by atoms with Gasteiger partial charge in [-0.3, -0.25) is 4.79 Å². The molecule has 0 amide bonds. The quantitative estimate of drug-likeness (QED) is 0.636. The molecule has 0 radical (unpaired) electrons. The van der Waals surface area contributed by atoms with Gasteiger partial charge in [0, 0.05) is 12.0 Å². The van der Waals surface area contributed by atoms with Crippen molar-refractivity contribution >= 4 is 11.4 Å². The van der Waals surface area contributed by atoms with Crippen LogP contribution in [0.1, 0.15) is 18.9 Å². The maximum Gasteiger partial charge on any atom is 0.163 e. The lowest BCUT2D eigenvalue weighted by Gasteiger charge is -1.98. The molecule has 1 aliphatic carbocycles. The first-order chi connectivity index (χ1) is 6.27. The monoisotopic (exact) mass is 172 g/mol. The Morgan fingerprint density at radius 2 is 1.92 bits per heavy atom. The van der Waals surface area contributed by atoms with Gasteiger partial charge in [-0.1, -0.05) is 43.3 Å². The number of ketones is 1. The van der Waals surface area contributed by atoms with Crippen molar-refractivity contribution in [3.8, 4) is 0 Å². The van der Waals surface area contributed by atoms with Crippen molar-refractivity contribution in [3.05, 3.63) is 42.0 Å². The van der Waals surface area contributed by atoms with Gasteiger partial charge < -0.3 is 0 Å². The number of Topliss-reactive ketones (excluding diaryl/α,β-unsaturated/α-hetero) is 1. The summed E-state index contributed by atoms with van der Waals surface area (Å²) < 4.78 is 0. The fraction of sp³-hybridized carbons (Fsp3) is 0.250. The highest BCUT2D eigenvalue weighted by Crippen LogP contribution is 2.27. The summed E-state index contributed by atoms with van der Waals surface area (Å²) in [6, 6.07) is 9.87. The lowest BCUT2D eigenvalue weighted by atomic mass is 10.1. The van der Waals surface area contributed by atoms with E-state index < -0.39 is 0 Å². The Kier molecular flexibility index (Phi) is 2.01. The van der Waals surface area contributed by atoms with E-state index in [4.69, 9.17) is 0 Å². The Morgan fingerprint density at radius 3 is 2.46 bits per heavy atom. The van der Waals surface area contributed by atoms with Crippen molar-refractivity contribution in [2.75, 3.05) is 0 Å². The molecule has 1 heteroatoms. The third-order valence-electron chi connectivity index (χ3n) is 2.34. The third-order valence-corrected chi connectivity index (χ3v) is 2.34. The molecule has 0 spiro atoms. The maximum atomic E-state index is 11.5. The van der Waals surface area contributed by atoms with Crippen molar-refractivity contribution in [1.29, 1.82) is 0 Å². The highest BCUT2D eigenvalue weighted by molar-refractivity contribution is 6.22. The van der Waals surface area contributed by atoms with Crippen molar-refractivity contribution in [3.63, 3.8) is 0 Å². The van der Waals surface area contributed by atoms with Gasteiger partial charge in [0.1, 0.15) is 0 Å². The minimum Gasteiger partial charge on any atom is -0.294 e. The average molecular weight is 172 g/mol. The van der Waals surface area contributed by atoms with E-state index in [9.17, 15) is 4.79 Å². The molecule has 1 aromatic rings. The summed E-state index contributed by atoms with van der Waals surface area (Å²) in [5.74, 6) is 0.682. The van der Waals surface area contributed by atoms with Gasteiger partial charge in [-0.05, 0) is 11.5 Å². The first kappa shape index (κ1) is 8.24. The number of carbonyl (C=O) groups excluding carboxylic acids is 1. The normalized spacial score (nSPS) is 21.8. The molecule has 0 N–H and O–H groups in total. The summed E-state index contributed by atoms with van der Waals surface area (Å²) in [7, 11) is 0. The van der Waals surface area contributed by atoms with Crippen LogP contribution >= 0.6 is 0 Å². The number of benzene rings is 1. The van der Waals surface area contributed by atoms with E-state index in [1.165, 1.54) is 0 Å². The maximum absolute atomic E-state index is 11.5. The van der Waals surface area contributed by atoms with Gasteiger partial charge in [0.2, 0.25) is 0 Å². The lowest BCUT2D eigenvalue weighted by molar-refractivity contribution is -0.113. The van der Waals surface area contributed by atoms with Gasteiger partial charge in [-0.25, -0.2) is 0 Å². The van der Waals surface area contributed by atoms with E-state index in [0.717, 1.165) is 11.1 Å². The molecule has 0 heterocycles. The van der Waals surface area contributed by atoms with Crippen LogP contribution in [-0.4, -0.2) is 5.78 Å². The summed E-state index contributed by atoms with van der Waals surface area (Å²) >= 11 is 0. The minimum atomic E-state index is 0.277. The highest BCUT2D eigenvalue weighted by Gasteiger charge is 2.21. The van der Waals surface area contributed by atoms with Crippen LogP contribution in [0.5, 0.6) is 0 Å². The molecule has 0 aromatic heterocycles. The summed E-state index contributed by atoms with van der Waals surface area (Å²) in [6.45, 7) is 2.08. The molecule has 1 atom stereocenters. The Balaban J connectivity index is 2.37. The first-order valence-electron chi connectivity index (χ1n) is 4.58. The van der Waals surface area contributed by atoms with E-state index in [-0.39, 0.29) is 5.78 Å². The molecule has 13 heavy (non-hydrogen) atoms.